The van der Waals surface area contributed by atoms with Gasteiger partial charge in [0.2, 0.25) is 0 Å². The number of nitrogens with one attached hydrogen (secondary N) is 1. The van der Waals surface area contributed by atoms with E-state index in [9.17, 15) is 13.6 Å². The van der Waals surface area contributed by atoms with E-state index in [0.29, 0.717) is 5.01 Å². The van der Waals surface area contributed by atoms with Gasteiger partial charge in [-0.3, -0.25) is 4.79 Å². The van der Waals surface area contributed by atoms with E-state index >= 15 is 0 Å². The van der Waals surface area contributed by atoms with Gasteiger partial charge >= 0.3 is 0 Å². The van der Waals surface area contributed by atoms with Gasteiger partial charge in [-0.1, -0.05) is 18.2 Å². The van der Waals surface area contributed by atoms with Crippen molar-refractivity contribution >= 4 is 17.2 Å². The predicted octanol–water partition coefficient (Wildman–Crippen LogP) is 3.48. The minimum absolute atomic E-state index is 0.0769. The molecule has 128 valence electrons. The topological polar surface area (TPSA) is 62.2 Å². The van der Waals surface area contributed by atoms with Crippen molar-refractivity contribution in [1.29, 1.82) is 0 Å². The Hall–Kier alpha value is -2.64. The zero-order valence-corrected chi connectivity index (χ0v) is 13.8. The van der Waals surface area contributed by atoms with Gasteiger partial charge in [-0.2, -0.15) is 0 Å². The van der Waals surface area contributed by atoms with Crippen LogP contribution in [-0.2, 0) is 0 Å². The lowest BCUT2D eigenvalue weighted by molar-refractivity contribution is 0.0945. The number of aromatic nitrogens is 1. The normalized spacial score (nSPS) is 10.7. The number of aliphatic hydroxyl groups is 1. The molecule has 25 heavy (non-hydrogen) atoms. The molecular weight excluding hydrogens is 346 g/mol. The molecule has 0 saturated carbocycles. The monoisotopic (exact) mass is 360 g/mol. The fourth-order valence-electron chi connectivity index (χ4n) is 2.33. The van der Waals surface area contributed by atoms with E-state index in [1.807, 2.05) is 0 Å². The molecule has 0 fully saturated rings. The number of hydrogen-bond donors (Lipinski definition) is 2. The first-order valence-corrected chi connectivity index (χ1v) is 8.31. The summed E-state index contributed by atoms with van der Waals surface area (Å²) < 4.78 is 27.4. The average Bonchev–Trinajstić information content (AvgIpc) is 3.09. The molecule has 0 radical (unpaired) electrons. The summed E-state index contributed by atoms with van der Waals surface area (Å²) in [7, 11) is 0. The van der Waals surface area contributed by atoms with E-state index in [4.69, 9.17) is 5.11 Å². The number of benzene rings is 2. The summed E-state index contributed by atoms with van der Waals surface area (Å²) in [6, 6.07) is 10.1. The van der Waals surface area contributed by atoms with E-state index in [-0.39, 0.29) is 30.1 Å². The van der Waals surface area contributed by atoms with E-state index in [1.54, 1.807) is 18.3 Å². The molecule has 0 saturated heterocycles. The molecule has 1 aromatic heterocycles. The standard InChI is InChI=1S/C18H14F2N2O2S/c19-12-6-4-11(5-7-12)15-10-22-18(25-15)16-13(2-1-3-14(16)20)17(24)21-8-9-23/h1-7,10,23H,8-9H2,(H,21,24). The number of amides is 1. The molecule has 0 aliphatic carbocycles. The third-order valence-corrected chi connectivity index (χ3v) is 4.57. The van der Waals surface area contributed by atoms with Gasteiger partial charge in [-0.05, 0) is 29.8 Å². The van der Waals surface area contributed by atoms with Gasteiger partial charge in [0.15, 0.2) is 0 Å². The molecule has 0 aliphatic heterocycles. The fraction of sp³-hybridized carbons (Fsp3) is 0.111. The van der Waals surface area contributed by atoms with Gasteiger partial charge in [-0.25, -0.2) is 13.8 Å². The smallest absolute Gasteiger partial charge is 0.252 e. The largest absolute Gasteiger partial charge is 0.395 e. The van der Waals surface area contributed by atoms with Crippen molar-refractivity contribution in [3.05, 3.63) is 65.9 Å². The second kappa shape index (κ2) is 7.50. The molecule has 0 spiro atoms. The van der Waals surface area contributed by atoms with Crippen LogP contribution in [0.2, 0.25) is 0 Å². The predicted molar refractivity (Wildman–Crippen MR) is 92.3 cm³/mol. The van der Waals surface area contributed by atoms with Crippen molar-refractivity contribution in [3.8, 4) is 21.0 Å². The Morgan fingerprint density at radius 2 is 1.92 bits per heavy atom. The van der Waals surface area contributed by atoms with Crippen molar-refractivity contribution in [2.75, 3.05) is 13.2 Å². The van der Waals surface area contributed by atoms with Gasteiger partial charge in [0.1, 0.15) is 16.6 Å². The van der Waals surface area contributed by atoms with Gasteiger partial charge < -0.3 is 10.4 Å². The highest BCUT2D eigenvalue weighted by atomic mass is 32.1. The highest BCUT2D eigenvalue weighted by Gasteiger charge is 2.19. The number of aliphatic hydroxyl groups excluding tert-OH is 1. The molecule has 2 N–H and O–H groups in total. The summed E-state index contributed by atoms with van der Waals surface area (Å²) >= 11 is 1.21. The van der Waals surface area contributed by atoms with Crippen molar-refractivity contribution in [2.45, 2.75) is 0 Å². The SMILES string of the molecule is O=C(NCCO)c1cccc(F)c1-c1ncc(-c2ccc(F)cc2)s1. The molecule has 0 aliphatic rings. The Bertz CT molecular complexity index is 894. The number of rotatable bonds is 5. The first kappa shape index (κ1) is 17.2. The molecule has 3 aromatic rings. The lowest BCUT2D eigenvalue weighted by atomic mass is 10.1. The van der Waals surface area contributed by atoms with Crippen LogP contribution in [-0.4, -0.2) is 29.1 Å². The van der Waals surface area contributed by atoms with Crippen LogP contribution in [0.25, 0.3) is 21.0 Å². The van der Waals surface area contributed by atoms with E-state index < -0.39 is 11.7 Å². The van der Waals surface area contributed by atoms with Crippen LogP contribution >= 0.6 is 11.3 Å². The quantitative estimate of drug-likeness (QED) is 0.732. The number of halogens is 2. The Labute approximate surface area is 146 Å². The Balaban J connectivity index is 1.99. The number of hydrogen-bond acceptors (Lipinski definition) is 4. The molecule has 0 unspecified atom stereocenters. The van der Waals surface area contributed by atoms with Gasteiger partial charge in [-0.15, -0.1) is 11.3 Å². The fourth-order valence-corrected chi connectivity index (χ4v) is 3.32. The van der Waals surface area contributed by atoms with Crippen molar-refractivity contribution in [1.82, 2.24) is 10.3 Å². The van der Waals surface area contributed by atoms with Crippen molar-refractivity contribution in [2.24, 2.45) is 0 Å². The molecule has 1 heterocycles. The van der Waals surface area contributed by atoms with Crippen LogP contribution in [0.3, 0.4) is 0 Å². The number of nitrogens with zero attached hydrogens (tertiary/aromatic N) is 1. The summed E-state index contributed by atoms with van der Waals surface area (Å²) in [6.45, 7) is -0.129. The summed E-state index contributed by atoms with van der Waals surface area (Å²) in [5.41, 5.74) is 1.01. The van der Waals surface area contributed by atoms with E-state index in [0.717, 1.165) is 10.4 Å². The first-order valence-electron chi connectivity index (χ1n) is 7.50. The number of carbonyl (C=O) groups excluding carboxylic acids is 1. The molecule has 4 nitrogen and oxygen atoms in total. The molecule has 0 bridgehead atoms. The molecular formula is C18H14F2N2O2S. The molecule has 2 aromatic carbocycles. The minimum Gasteiger partial charge on any atom is -0.395 e. The Morgan fingerprint density at radius 1 is 1.16 bits per heavy atom. The van der Waals surface area contributed by atoms with Crippen LogP contribution < -0.4 is 5.32 Å². The average molecular weight is 360 g/mol. The molecule has 0 atom stereocenters. The van der Waals surface area contributed by atoms with E-state index in [2.05, 4.69) is 10.3 Å². The van der Waals surface area contributed by atoms with Crippen LogP contribution in [0.4, 0.5) is 8.78 Å². The highest BCUT2D eigenvalue weighted by Crippen LogP contribution is 2.35. The lowest BCUT2D eigenvalue weighted by Gasteiger charge is -2.08. The van der Waals surface area contributed by atoms with Gasteiger partial charge in [0.05, 0.1) is 22.6 Å². The number of carbonyl (C=O) groups is 1. The minimum atomic E-state index is -0.559. The zero-order chi connectivity index (χ0) is 17.8. The Kier molecular flexibility index (Phi) is 5.16. The second-order valence-corrected chi connectivity index (χ2v) is 6.21. The first-order chi connectivity index (χ1) is 12.1. The summed E-state index contributed by atoms with van der Waals surface area (Å²) in [5, 5.41) is 11.7. The van der Waals surface area contributed by atoms with Crippen molar-refractivity contribution in [3.63, 3.8) is 0 Å². The van der Waals surface area contributed by atoms with Crippen LogP contribution in [0.1, 0.15) is 10.4 Å². The van der Waals surface area contributed by atoms with Crippen molar-refractivity contribution < 1.29 is 18.7 Å². The molecule has 7 heteroatoms. The zero-order valence-electron chi connectivity index (χ0n) is 13.0. The molecule has 1 amide bonds. The second-order valence-electron chi connectivity index (χ2n) is 5.18. The van der Waals surface area contributed by atoms with E-state index in [1.165, 1.54) is 41.7 Å². The third-order valence-electron chi connectivity index (χ3n) is 3.50. The summed E-state index contributed by atoms with van der Waals surface area (Å²) in [5.74, 6) is -1.39. The third kappa shape index (κ3) is 3.72. The maximum Gasteiger partial charge on any atom is 0.252 e. The van der Waals surface area contributed by atoms with Crippen LogP contribution in [0.5, 0.6) is 0 Å². The molecule has 3 rings (SSSR count). The summed E-state index contributed by atoms with van der Waals surface area (Å²) in [6.07, 6.45) is 1.56. The number of thiazole rings is 1. The van der Waals surface area contributed by atoms with Gasteiger partial charge in [0, 0.05) is 12.7 Å². The highest BCUT2D eigenvalue weighted by molar-refractivity contribution is 7.18. The lowest BCUT2D eigenvalue weighted by Crippen LogP contribution is -2.27. The Morgan fingerprint density at radius 3 is 2.64 bits per heavy atom. The maximum atomic E-state index is 14.4. The summed E-state index contributed by atoms with van der Waals surface area (Å²) in [4.78, 5) is 17.2. The maximum absolute atomic E-state index is 14.4. The van der Waals surface area contributed by atoms with Gasteiger partial charge in [0.25, 0.3) is 5.91 Å². The van der Waals surface area contributed by atoms with Crippen LogP contribution in [0.15, 0.2) is 48.7 Å². The van der Waals surface area contributed by atoms with Crippen LogP contribution in [0, 0.1) is 11.6 Å².